The number of hydrogen-bond acceptors (Lipinski definition) is 5. The third-order valence-electron chi connectivity index (χ3n) is 1.71. The molecule has 0 aliphatic rings. The van der Waals surface area contributed by atoms with E-state index in [1.165, 1.54) is 30.6 Å². The summed E-state index contributed by atoms with van der Waals surface area (Å²) in [5, 5.41) is 0.713. The summed E-state index contributed by atoms with van der Waals surface area (Å²) in [4.78, 5) is 3.87. The first-order valence-corrected chi connectivity index (χ1v) is 6.76. The lowest BCUT2D eigenvalue weighted by molar-refractivity contribution is 0.601. The highest BCUT2D eigenvalue weighted by atomic mass is 35.5. The molecule has 0 saturated heterocycles. The molecule has 2 aromatic rings. The normalized spacial score (nSPS) is 11.3. The lowest BCUT2D eigenvalue weighted by atomic mass is 10.4. The Bertz CT molecular complexity index is 566. The van der Waals surface area contributed by atoms with Crippen molar-refractivity contribution in [2.75, 3.05) is 4.72 Å². The van der Waals surface area contributed by atoms with Crippen molar-refractivity contribution < 1.29 is 8.42 Å². The fourth-order valence-corrected chi connectivity index (χ4v) is 2.79. The Labute approximate surface area is 101 Å². The average molecular weight is 276 g/mol. The third-order valence-corrected chi connectivity index (χ3v) is 4.02. The molecule has 84 valence electrons. The first-order chi connectivity index (χ1) is 7.58. The van der Waals surface area contributed by atoms with E-state index in [2.05, 4.69) is 14.1 Å². The van der Waals surface area contributed by atoms with Crippen molar-refractivity contribution in [1.29, 1.82) is 0 Å². The summed E-state index contributed by atoms with van der Waals surface area (Å²) in [5.74, 6) is 0. The molecule has 0 aliphatic carbocycles. The lowest BCUT2D eigenvalue weighted by Crippen LogP contribution is -2.12. The van der Waals surface area contributed by atoms with Crippen LogP contribution in [-0.4, -0.2) is 17.8 Å². The van der Waals surface area contributed by atoms with E-state index in [1.807, 2.05) is 0 Å². The van der Waals surface area contributed by atoms with Crippen LogP contribution >= 0.6 is 23.1 Å². The molecule has 16 heavy (non-hydrogen) atoms. The van der Waals surface area contributed by atoms with Gasteiger partial charge >= 0.3 is 0 Å². The van der Waals surface area contributed by atoms with Gasteiger partial charge in [-0.3, -0.25) is 4.72 Å². The van der Waals surface area contributed by atoms with Gasteiger partial charge in [0, 0.05) is 16.6 Å². The van der Waals surface area contributed by atoms with Crippen molar-refractivity contribution in [3.8, 4) is 0 Å². The number of benzene rings is 1. The molecule has 1 aromatic carbocycles. The molecule has 0 spiro atoms. The zero-order valence-electron chi connectivity index (χ0n) is 7.79. The second kappa shape index (κ2) is 4.36. The molecule has 1 heterocycles. The van der Waals surface area contributed by atoms with Crippen molar-refractivity contribution >= 4 is 38.3 Å². The maximum Gasteiger partial charge on any atom is 0.263 e. The predicted octanol–water partition coefficient (Wildman–Crippen LogP) is 1.99. The Balaban J connectivity index is 2.29. The molecule has 0 radical (unpaired) electrons. The largest absolute Gasteiger partial charge is 0.263 e. The second-order valence-electron chi connectivity index (χ2n) is 2.81. The van der Waals surface area contributed by atoms with Crippen LogP contribution in [0.15, 0.2) is 35.5 Å². The minimum atomic E-state index is -3.60. The van der Waals surface area contributed by atoms with Gasteiger partial charge in [-0.15, -0.1) is 0 Å². The standard InChI is InChI=1S/C8H6ClN3O2S2/c9-6-1-3-7(4-2-6)16(13,14)12-8-10-5-11-15-8/h1-5H,(H,10,11,12). The lowest BCUT2D eigenvalue weighted by Gasteiger charge is -2.04. The van der Waals surface area contributed by atoms with E-state index in [9.17, 15) is 8.42 Å². The first kappa shape index (κ1) is 11.3. The van der Waals surface area contributed by atoms with Gasteiger partial charge in [-0.25, -0.2) is 13.4 Å². The summed E-state index contributed by atoms with van der Waals surface area (Å²) < 4.78 is 29.6. The van der Waals surface area contributed by atoms with Gasteiger partial charge in [0.1, 0.15) is 6.33 Å². The number of halogens is 1. The van der Waals surface area contributed by atoms with Crippen molar-refractivity contribution in [3.05, 3.63) is 35.6 Å². The molecule has 1 N–H and O–H groups in total. The summed E-state index contributed by atoms with van der Waals surface area (Å²) in [6, 6.07) is 5.86. The molecule has 1 aromatic heterocycles. The van der Waals surface area contributed by atoms with Gasteiger partial charge < -0.3 is 0 Å². The molecule has 2 rings (SSSR count). The summed E-state index contributed by atoms with van der Waals surface area (Å²) in [6.45, 7) is 0. The fraction of sp³-hybridized carbons (Fsp3) is 0. The van der Waals surface area contributed by atoms with Crippen LogP contribution < -0.4 is 4.72 Å². The van der Waals surface area contributed by atoms with Crippen LogP contribution in [0.4, 0.5) is 5.13 Å². The van der Waals surface area contributed by atoms with Crippen LogP contribution in [0, 0.1) is 0 Å². The molecule has 0 bridgehead atoms. The van der Waals surface area contributed by atoms with E-state index in [0.29, 0.717) is 5.02 Å². The molecule has 5 nitrogen and oxygen atoms in total. The molecular formula is C8H6ClN3O2S2. The number of aromatic nitrogens is 2. The minimum absolute atomic E-state index is 0.132. The fourth-order valence-electron chi connectivity index (χ4n) is 1.01. The predicted molar refractivity (Wildman–Crippen MR) is 62.2 cm³/mol. The SMILES string of the molecule is O=S(=O)(Nc1ncns1)c1ccc(Cl)cc1. The smallest absolute Gasteiger partial charge is 0.253 e. The van der Waals surface area contributed by atoms with Crippen LogP contribution in [0.25, 0.3) is 0 Å². The number of anilines is 1. The summed E-state index contributed by atoms with van der Waals surface area (Å²) in [6.07, 6.45) is 1.28. The van der Waals surface area contributed by atoms with Gasteiger partial charge in [0.25, 0.3) is 10.0 Å². The quantitative estimate of drug-likeness (QED) is 0.930. The Morgan fingerprint density at radius 3 is 2.50 bits per heavy atom. The highest BCUT2D eigenvalue weighted by Crippen LogP contribution is 2.18. The first-order valence-electron chi connectivity index (χ1n) is 4.13. The summed E-state index contributed by atoms with van der Waals surface area (Å²) in [5.41, 5.74) is 0. The molecule has 0 amide bonds. The average Bonchev–Trinajstić information content (AvgIpc) is 2.70. The van der Waals surface area contributed by atoms with E-state index in [1.54, 1.807) is 0 Å². The van der Waals surface area contributed by atoms with Gasteiger partial charge in [-0.1, -0.05) is 11.6 Å². The molecule has 8 heteroatoms. The van der Waals surface area contributed by atoms with Crippen molar-refractivity contribution in [1.82, 2.24) is 9.36 Å². The van der Waals surface area contributed by atoms with Crippen molar-refractivity contribution in [2.24, 2.45) is 0 Å². The van der Waals surface area contributed by atoms with Crippen molar-refractivity contribution in [3.63, 3.8) is 0 Å². The number of nitrogens with one attached hydrogen (secondary N) is 1. The summed E-state index contributed by atoms with van der Waals surface area (Å²) >= 11 is 6.64. The Hall–Kier alpha value is -1.18. The highest BCUT2D eigenvalue weighted by Gasteiger charge is 2.15. The van der Waals surface area contributed by atoms with Gasteiger partial charge in [0.15, 0.2) is 0 Å². The monoisotopic (exact) mass is 275 g/mol. The molecular weight excluding hydrogens is 270 g/mol. The van der Waals surface area contributed by atoms with Crippen LogP contribution in [0.3, 0.4) is 0 Å². The number of rotatable bonds is 3. The number of hydrogen-bond donors (Lipinski definition) is 1. The van der Waals surface area contributed by atoms with Gasteiger partial charge in [-0.05, 0) is 24.3 Å². The summed E-state index contributed by atoms with van der Waals surface area (Å²) in [7, 11) is -3.60. The molecule has 0 aliphatic heterocycles. The van der Waals surface area contributed by atoms with Gasteiger partial charge in [-0.2, -0.15) is 4.37 Å². The second-order valence-corrected chi connectivity index (χ2v) is 5.70. The van der Waals surface area contributed by atoms with E-state index in [-0.39, 0.29) is 10.0 Å². The van der Waals surface area contributed by atoms with Crippen LogP contribution in [-0.2, 0) is 10.0 Å². The van der Waals surface area contributed by atoms with Crippen LogP contribution in [0.1, 0.15) is 0 Å². The van der Waals surface area contributed by atoms with E-state index >= 15 is 0 Å². The number of sulfonamides is 1. The minimum Gasteiger partial charge on any atom is -0.253 e. The number of nitrogens with zero attached hydrogens (tertiary/aromatic N) is 2. The zero-order chi connectivity index (χ0) is 11.6. The van der Waals surface area contributed by atoms with E-state index in [0.717, 1.165) is 11.5 Å². The molecule has 0 unspecified atom stereocenters. The van der Waals surface area contributed by atoms with Crippen molar-refractivity contribution in [2.45, 2.75) is 4.90 Å². The third kappa shape index (κ3) is 2.49. The molecule has 0 saturated carbocycles. The van der Waals surface area contributed by atoms with Gasteiger partial charge in [0.2, 0.25) is 5.13 Å². The van der Waals surface area contributed by atoms with E-state index in [4.69, 9.17) is 11.6 Å². The maximum atomic E-state index is 11.8. The Morgan fingerprint density at radius 2 is 1.94 bits per heavy atom. The molecule has 0 fully saturated rings. The Kier molecular flexibility index (Phi) is 3.08. The van der Waals surface area contributed by atoms with Gasteiger partial charge in [0.05, 0.1) is 4.90 Å². The van der Waals surface area contributed by atoms with E-state index < -0.39 is 10.0 Å². The van der Waals surface area contributed by atoms with Crippen LogP contribution in [0.2, 0.25) is 5.02 Å². The maximum absolute atomic E-state index is 11.8. The highest BCUT2D eigenvalue weighted by molar-refractivity contribution is 7.93. The Morgan fingerprint density at radius 1 is 1.25 bits per heavy atom. The topological polar surface area (TPSA) is 72.0 Å². The van der Waals surface area contributed by atoms with Crippen LogP contribution in [0.5, 0.6) is 0 Å². The molecule has 0 atom stereocenters. The zero-order valence-corrected chi connectivity index (χ0v) is 10.2.